The summed E-state index contributed by atoms with van der Waals surface area (Å²) in [6.45, 7) is 0. The average molecular weight is 271 g/mol. The summed E-state index contributed by atoms with van der Waals surface area (Å²) < 4.78 is 55.1. The highest BCUT2D eigenvalue weighted by atomic mass is 35.5. The number of alkyl halides is 3. The number of carbonyl (C=O) groups is 1. The summed E-state index contributed by atoms with van der Waals surface area (Å²) in [5, 5.41) is -0.214. The molecular formula is C10H7ClF4O2. The van der Waals surface area contributed by atoms with E-state index < -0.39 is 35.5 Å². The standard InChI is InChI=1S/C10H7ClF4O2/c1-17-8(16)3-5-2-6(11)4-7(12)9(5)10(13,14)15/h2,4H,3H2,1H3. The lowest BCUT2D eigenvalue weighted by atomic mass is 10.0. The van der Waals surface area contributed by atoms with E-state index in [9.17, 15) is 22.4 Å². The molecule has 7 heteroatoms. The van der Waals surface area contributed by atoms with E-state index in [4.69, 9.17) is 11.6 Å². The van der Waals surface area contributed by atoms with Crippen LogP contribution in [0.25, 0.3) is 0 Å². The zero-order valence-electron chi connectivity index (χ0n) is 8.57. The van der Waals surface area contributed by atoms with Crippen molar-refractivity contribution in [1.82, 2.24) is 0 Å². The molecule has 0 fully saturated rings. The molecule has 0 atom stereocenters. The maximum atomic E-state index is 13.2. The Bertz CT molecular complexity index is 443. The van der Waals surface area contributed by atoms with Gasteiger partial charge in [0, 0.05) is 5.02 Å². The summed E-state index contributed by atoms with van der Waals surface area (Å²) in [4.78, 5) is 10.9. The molecule has 94 valence electrons. The van der Waals surface area contributed by atoms with E-state index in [-0.39, 0.29) is 5.02 Å². The first kappa shape index (κ1) is 13.8. The molecule has 0 aliphatic rings. The SMILES string of the molecule is COC(=O)Cc1cc(Cl)cc(F)c1C(F)(F)F. The van der Waals surface area contributed by atoms with Crippen molar-refractivity contribution in [2.45, 2.75) is 12.6 Å². The van der Waals surface area contributed by atoms with Crippen molar-refractivity contribution in [1.29, 1.82) is 0 Å². The highest BCUT2D eigenvalue weighted by Gasteiger charge is 2.37. The van der Waals surface area contributed by atoms with Gasteiger partial charge in [-0.1, -0.05) is 11.6 Å². The minimum atomic E-state index is -4.89. The Labute approximate surface area is 99.1 Å². The second-order valence-corrected chi connectivity index (χ2v) is 3.61. The summed E-state index contributed by atoms with van der Waals surface area (Å²) in [6.07, 6.45) is -5.58. The Morgan fingerprint density at radius 1 is 1.41 bits per heavy atom. The summed E-state index contributed by atoms with van der Waals surface area (Å²) in [5.41, 5.74) is -2.04. The molecule has 0 aliphatic carbocycles. The van der Waals surface area contributed by atoms with Gasteiger partial charge in [0.05, 0.1) is 19.1 Å². The summed E-state index contributed by atoms with van der Waals surface area (Å²) >= 11 is 5.44. The number of methoxy groups -OCH3 is 1. The van der Waals surface area contributed by atoms with Crippen molar-refractivity contribution in [2.24, 2.45) is 0 Å². The second-order valence-electron chi connectivity index (χ2n) is 3.17. The predicted octanol–water partition coefficient (Wildman–Crippen LogP) is 3.21. The maximum Gasteiger partial charge on any atom is 0.419 e. The third kappa shape index (κ3) is 3.33. The number of hydrogen-bond donors (Lipinski definition) is 0. The molecule has 1 aromatic carbocycles. The van der Waals surface area contributed by atoms with Crippen LogP contribution in [0.3, 0.4) is 0 Å². The van der Waals surface area contributed by atoms with Crippen LogP contribution in [-0.4, -0.2) is 13.1 Å². The van der Waals surface area contributed by atoms with Crippen molar-refractivity contribution in [2.75, 3.05) is 7.11 Å². The molecule has 0 aliphatic heterocycles. The van der Waals surface area contributed by atoms with Crippen LogP contribution >= 0.6 is 11.6 Å². The van der Waals surface area contributed by atoms with Crippen molar-refractivity contribution in [3.05, 3.63) is 34.1 Å². The van der Waals surface area contributed by atoms with Crippen LogP contribution in [-0.2, 0) is 22.1 Å². The van der Waals surface area contributed by atoms with Crippen LogP contribution in [0, 0.1) is 5.82 Å². The number of carbonyl (C=O) groups excluding carboxylic acids is 1. The van der Waals surface area contributed by atoms with Crippen molar-refractivity contribution < 1.29 is 27.1 Å². The van der Waals surface area contributed by atoms with Gasteiger partial charge >= 0.3 is 12.1 Å². The minimum absolute atomic E-state index is 0.214. The van der Waals surface area contributed by atoms with Gasteiger partial charge in [-0.05, 0) is 17.7 Å². The molecule has 0 bridgehead atoms. The topological polar surface area (TPSA) is 26.3 Å². The van der Waals surface area contributed by atoms with Crippen LogP contribution in [0.15, 0.2) is 12.1 Å². The quantitative estimate of drug-likeness (QED) is 0.609. The first-order valence-corrected chi connectivity index (χ1v) is 4.75. The molecule has 17 heavy (non-hydrogen) atoms. The van der Waals surface area contributed by atoms with Crippen LogP contribution in [0.2, 0.25) is 5.02 Å². The van der Waals surface area contributed by atoms with Crippen molar-refractivity contribution in [3.8, 4) is 0 Å². The van der Waals surface area contributed by atoms with E-state index in [1.54, 1.807) is 0 Å². The maximum absolute atomic E-state index is 13.2. The second kappa shape index (κ2) is 4.91. The smallest absolute Gasteiger partial charge is 0.419 e. The fraction of sp³-hybridized carbons (Fsp3) is 0.300. The Morgan fingerprint density at radius 2 is 2.00 bits per heavy atom. The molecular weight excluding hydrogens is 264 g/mol. The number of rotatable bonds is 2. The number of benzene rings is 1. The largest absolute Gasteiger partial charge is 0.469 e. The van der Waals surface area contributed by atoms with Gasteiger partial charge in [0.2, 0.25) is 0 Å². The lowest BCUT2D eigenvalue weighted by molar-refractivity contribution is -0.142. The summed E-state index contributed by atoms with van der Waals surface area (Å²) in [5.74, 6) is -2.42. The first-order valence-electron chi connectivity index (χ1n) is 4.37. The zero-order valence-corrected chi connectivity index (χ0v) is 9.32. The molecule has 1 rings (SSSR count). The van der Waals surface area contributed by atoms with E-state index in [1.165, 1.54) is 0 Å². The van der Waals surface area contributed by atoms with Gasteiger partial charge in [0.1, 0.15) is 5.82 Å². The van der Waals surface area contributed by atoms with E-state index >= 15 is 0 Å². The Hall–Kier alpha value is -1.30. The van der Waals surface area contributed by atoms with Crippen LogP contribution in [0.4, 0.5) is 17.6 Å². The van der Waals surface area contributed by atoms with Crippen LogP contribution in [0.5, 0.6) is 0 Å². The molecule has 0 saturated carbocycles. The minimum Gasteiger partial charge on any atom is -0.469 e. The molecule has 0 N–H and O–H groups in total. The fourth-order valence-corrected chi connectivity index (χ4v) is 1.54. The molecule has 0 saturated heterocycles. The number of halogens is 5. The zero-order chi connectivity index (χ0) is 13.2. The molecule has 0 unspecified atom stereocenters. The molecule has 0 amide bonds. The molecule has 2 nitrogen and oxygen atoms in total. The number of hydrogen-bond acceptors (Lipinski definition) is 2. The third-order valence-electron chi connectivity index (χ3n) is 1.98. The molecule has 0 spiro atoms. The fourth-order valence-electron chi connectivity index (χ4n) is 1.31. The van der Waals surface area contributed by atoms with Gasteiger partial charge in [0.15, 0.2) is 0 Å². The number of ether oxygens (including phenoxy) is 1. The Kier molecular flexibility index (Phi) is 3.98. The van der Waals surface area contributed by atoms with Gasteiger partial charge in [-0.15, -0.1) is 0 Å². The average Bonchev–Trinajstić information content (AvgIpc) is 2.13. The van der Waals surface area contributed by atoms with Crippen LogP contribution in [0.1, 0.15) is 11.1 Å². The lowest BCUT2D eigenvalue weighted by Gasteiger charge is -2.13. The van der Waals surface area contributed by atoms with Gasteiger partial charge in [-0.2, -0.15) is 13.2 Å². The van der Waals surface area contributed by atoms with Gasteiger partial charge in [-0.3, -0.25) is 4.79 Å². The van der Waals surface area contributed by atoms with Crippen molar-refractivity contribution in [3.63, 3.8) is 0 Å². The monoisotopic (exact) mass is 270 g/mol. The van der Waals surface area contributed by atoms with Gasteiger partial charge in [0.25, 0.3) is 0 Å². The van der Waals surface area contributed by atoms with Gasteiger partial charge < -0.3 is 4.74 Å². The Morgan fingerprint density at radius 3 is 2.47 bits per heavy atom. The molecule has 0 radical (unpaired) electrons. The normalized spacial score (nSPS) is 11.4. The number of esters is 1. The highest BCUT2D eigenvalue weighted by Crippen LogP contribution is 2.35. The van der Waals surface area contributed by atoms with Crippen LogP contribution < -0.4 is 0 Å². The van der Waals surface area contributed by atoms with E-state index in [0.717, 1.165) is 13.2 Å². The van der Waals surface area contributed by atoms with E-state index in [0.29, 0.717) is 6.07 Å². The van der Waals surface area contributed by atoms with Gasteiger partial charge in [-0.25, -0.2) is 4.39 Å². The molecule has 0 aromatic heterocycles. The molecule has 1 aromatic rings. The lowest BCUT2D eigenvalue weighted by Crippen LogP contribution is -2.15. The summed E-state index contributed by atoms with van der Waals surface area (Å²) in [6, 6.07) is 1.44. The van der Waals surface area contributed by atoms with E-state index in [1.807, 2.05) is 0 Å². The summed E-state index contributed by atoms with van der Waals surface area (Å²) in [7, 11) is 1.02. The first-order chi connectivity index (χ1) is 7.75. The van der Waals surface area contributed by atoms with E-state index in [2.05, 4.69) is 4.74 Å². The highest BCUT2D eigenvalue weighted by molar-refractivity contribution is 6.30. The predicted molar refractivity (Wildman–Crippen MR) is 52.1 cm³/mol. The third-order valence-corrected chi connectivity index (χ3v) is 2.20. The Balaban J connectivity index is 3.31. The molecule has 0 heterocycles. The van der Waals surface area contributed by atoms with Crippen molar-refractivity contribution >= 4 is 17.6 Å².